The highest BCUT2D eigenvalue weighted by molar-refractivity contribution is 5.61. The number of aromatic nitrogens is 4. The monoisotopic (exact) mass is 212 g/mol. The highest BCUT2D eigenvalue weighted by Crippen LogP contribution is 2.19. The summed E-state index contributed by atoms with van der Waals surface area (Å²) in [6.07, 6.45) is 5.11. The molecule has 0 radical (unpaired) electrons. The average molecular weight is 212 g/mol. The van der Waals surface area contributed by atoms with E-state index in [0.717, 1.165) is 5.56 Å². The molecule has 0 fully saturated rings. The van der Waals surface area contributed by atoms with Gasteiger partial charge in [-0.05, 0) is 24.3 Å². The minimum atomic E-state index is 0.121. The molecule has 5 nitrogen and oxygen atoms in total. The van der Waals surface area contributed by atoms with Crippen LogP contribution in [0.2, 0.25) is 0 Å². The van der Waals surface area contributed by atoms with Crippen LogP contribution in [-0.4, -0.2) is 24.7 Å². The lowest BCUT2D eigenvalue weighted by Crippen LogP contribution is -1.85. The van der Waals surface area contributed by atoms with E-state index in [9.17, 15) is 5.11 Å². The topological polar surface area (TPSA) is 63.3 Å². The molecule has 0 spiro atoms. The first kappa shape index (κ1) is 8.84. The van der Waals surface area contributed by atoms with Crippen molar-refractivity contribution >= 4 is 5.65 Å². The number of hydrogen-bond acceptors (Lipinski definition) is 4. The summed E-state index contributed by atoms with van der Waals surface area (Å²) < 4.78 is 1.55. The molecule has 0 aliphatic rings. The second-order valence-corrected chi connectivity index (χ2v) is 3.33. The summed E-state index contributed by atoms with van der Waals surface area (Å²) in [5.41, 5.74) is 1.33. The SMILES string of the molecule is Oc1cccn2nc(-c3ccncc3)nc12. The maximum atomic E-state index is 9.60. The zero-order chi connectivity index (χ0) is 11.0. The summed E-state index contributed by atoms with van der Waals surface area (Å²) in [5.74, 6) is 0.694. The Balaban J connectivity index is 2.23. The first-order chi connectivity index (χ1) is 7.84. The second-order valence-electron chi connectivity index (χ2n) is 3.33. The molecule has 3 heterocycles. The van der Waals surface area contributed by atoms with Gasteiger partial charge in [-0.15, -0.1) is 5.10 Å². The number of hydrogen-bond donors (Lipinski definition) is 1. The van der Waals surface area contributed by atoms with Gasteiger partial charge in [0.15, 0.2) is 17.2 Å². The Labute approximate surface area is 91.0 Å². The first-order valence-electron chi connectivity index (χ1n) is 4.79. The predicted octanol–water partition coefficient (Wildman–Crippen LogP) is 1.50. The van der Waals surface area contributed by atoms with Crippen molar-refractivity contribution in [2.75, 3.05) is 0 Å². The summed E-state index contributed by atoms with van der Waals surface area (Å²) in [5, 5.41) is 13.9. The molecule has 0 amide bonds. The molecule has 0 saturated heterocycles. The van der Waals surface area contributed by atoms with Crippen LogP contribution >= 0.6 is 0 Å². The van der Waals surface area contributed by atoms with Gasteiger partial charge in [-0.25, -0.2) is 9.50 Å². The van der Waals surface area contributed by atoms with Crippen LogP contribution in [0.5, 0.6) is 5.75 Å². The van der Waals surface area contributed by atoms with E-state index < -0.39 is 0 Å². The average Bonchev–Trinajstić information content (AvgIpc) is 2.76. The van der Waals surface area contributed by atoms with Gasteiger partial charge in [0.25, 0.3) is 0 Å². The molecule has 0 aliphatic heterocycles. The van der Waals surface area contributed by atoms with Gasteiger partial charge in [0.05, 0.1) is 0 Å². The van der Waals surface area contributed by atoms with Crippen LogP contribution in [0.4, 0.5) is 0 Å². The molecule has 0 unspecified atom stereocenters. The van der Waals surface area contributed by atoms with Crippen LogP contribution < -0.4 is 0 Å². The summed E-state index contributed by atoms with van der Waals surface area (Å²) in [6, 6.07) is 6.95. The number of nitrogens with zero attached hydrogens (tertiary/aromatic N) is 4. The largest absolute Gasteiger partial charge is 0.504 e. The van der Waals surface area contributed by atoms with E-state index >= 15 is 0 Å². The Kier molecular flexibility index (Phi) is 1.83. The van der Waals surface area contributed by atoms with Gasteiger partial charge in [0.2, 0.25) is 0 Å². The Bertz CT molecular complexity index is 633. The normalized spacial score (nSPS) is 10.8. The molecular weight excluding hydrogens is 204 g/mol. The molecule has 3 aromatic heterocycles. The third-order valence-electron chi connectivity index (χ3n) is 2.28. The van der Waals surface area contributed by atoms with Crippen molar-refractivity contribution in [3.8, 4) is 17.1 Å². The summed E-state index contributed by atoms with van der Waals surface area (Å²) >= 11 is 0. The van der Waals surface area contributed by atoms with Gasteiger partial charge < -0.3 is 5.11 Å². The van der Waals surface area contributed by atoms with Crippen LogP contribution in [0.15, 0.2) is 42.9 Å². The molecule has 78 valence electrons. The third kappa shape index (κ3) is 1.30. The van der Waals surface area contributed by atoms with Crippen LogP contribution in [0, 0.1) is 0 Å². The lowest BCUT2D eigenvalue weighted by atomic mass is 10.2. The quantitative estimate of drug-likeness (QED) is 0.663. The predicted molar refractivity (Wildman–Crippen MR) is 57.9 cm³/mol. The molecular formula is C11H8N4O. The van der Waals surface area contributed by atoms with E-state index in [1.165, 1.54) is 0 Å². The Morgan fingerprint density at radius 2 is 1.94 bits per heavy atom. The lowest BCUT2D eigenvalue weighted by Gasteiger charge is -1.91. The summed E-state index contributed by atoms with van der Waals surface area (Å²) in [4.78, 5) is 8.19. The molecule has 0 aliphatic carbocycles. The van der Waals surface area contributed by atoms with Crippen molar-refractivity contribution in [3.63, 3.8) is 0 Å². The van der Waals surface area contributed by atoms with E-state index in [-0.39, 0.29) is 5.75 Å². The van der Waals surface area contributed by atoms with E-state index in [1.54, 1.807) is 35.2 Å². The smallest absolute Gasteiger partial charge is 0.198 e. The van der Waals surface area contributed by atoms with Gasteiger partial charge >= 0.3 is 0 Å². The van der Waals surface area contributed by atoms with Crippen molar-refractivity contribution in [2.24, 2.45) is 0 Å². The fourth-order valence-corrected chi connectivity index (χ4v) is 1.52. The maximum absolute atomic E-state index is 9.60. The Morgan fingerprint density at radius 3 is 2.69 bits per heavy atom. The molecule has 3 rings (SSSR count). The highest BCUT2D eigenvalue weighted by Gasteiger charge is 2.08. The fourth-order valence-electron chi connectivity index (χ4n) is 1.52. The van der Waals surface area contributed by atoms with Gasteiger partial charge in [0.1, 0.15) is 0 Å². The molecule has 16 heavy (non-hydrogen) atoms. The molecule has 5 heteroatoms. The standard InChI is InChI=1S/C11H8N4O/c16-9-2-1-7-15-11(9)13-10(14-15)8-3-5-12-6-4-8/h1-7,16H. The lowest BCUT2D eigenvalue weighted by molar-refractivity contribution is 0.477. The summed E-state index contributed by atoms with van der Waals surface area (Å²) in [7, 11) is 0. The molecule has 0 bridgehead atoms. The Hall–Kier alpha value is -2.43. The zero-order valence-electron chi connectivity index (χ0n) is 8.28. The minimum absolute atomic E-state index is 0.121. The number of rotatable bonds is 1. The van der Waals surface area contributed by atoms with Gasteiger partial charge in [-0.2, -0.15) is 0 Å². The third-order valence-corrected chi connectivity index (χ3v) is 2.28. The number of fused-ring (bicyclic) bond motifs is 1. The molecule has 3 aromatic rings. The molecule has 0 atom stereocenters. The zero-order valence-corrected chi connectivity index (χ0v) is 8.28. The number of aromatic hydroxyl groups is 1. The molecule has 1 N–H and O–H groups in total. The van der Waals surface area contributed by atoms with Gasteiger partial charge in [-0.1, -0.05) is 0 Å². The van der Waals surface area contributed by atoms with Crippen molar-refractivity contribution in [3.05, 3.63) is 42.9 Å². The van der Waals surface area contributed by atoms with Crippen molar-refractivity contribution < 1.29 is 5.11 Å². The van der Waals surface area contributed by atoms with E-state index in [2.05, 4.69) is 15.1 Å². The van der Waals surface area contributed by atoms with Crippen molar-refractivity contribution in [1.29, 1.82) is 0 Å². The maximum Gasteiger partial charge on any atom is 0.198 e. The van der Waals surface area contributed by atoms with Crippen LogP contribution in [-0.2, 0) is 0 Å². The van der Waals surface area contributed by atoms with E-state index in [0.29, 0.717) is 11.5 Å². The first-order valence-corrected chi connectivity index (χ1v) is 4.79. The van der Waals surface area contributed by atoms with Crippen LogP contribution in [0.25, 0.3) is 17.0 Å². The Morgan fingerprint density at radius 1 is 1.12 bits per heavy atom. The fraction of sp³-hybridized carbons (Fsp3) is 0. The van der Waals surface area contributed by atoms with Crippen molar-refractivity contribution in [1.82, 2.24) is 19.6 Å². The molecule has 0 saturated carbocycles. The second kappa shape index (κ2) is 3.30. The van der Waals surface area contributed by atoms with Crippen LogP contribution in [0.1, 0.15) is 0 Å². The summed E-state index contributed by atoms with van der Waals surface area (Å²) in [6.45, 7) is 0. The van der Waals surface area contributed by atoms with Crippen LogP contribution in [0.3, 0.4) is 0 Å². The van der Waals surface area contributed by atoms with Gasteiger partial charge in [-0.3, -0.25) is 4.98 Å². The van der Waals surface area contributed by atoms with Gasteiger partial charge in [0, 0.05) is 24.2 Å². The number of pyridine rings is 2. The van der Waals surface area contributed by atoms with Crippen molar-refractivity contribution in [2.45, 2.75) is 0 Å². The highest BCUT2D eigenvalue weighted by atomic mass is 16.3. The minimum Gasteiger partial charge on any atom is -0.504 e. The van der Waals surface area contributed by atoms with E-state index in [4.69, 9.17) is 0 Å². The van der Waals surface area contributed by atoms with E-state index in [1.807, 2.05) is 12.1 Å². The molecule has 0 aromatic carbocycles.